The fourth-order valence-electron chi connectivity index (χ4n) is 2.19. The van der Waals surface area contributed by atoms with Gasteiger partial charge in [-0.05, 0) is 25.1 Å². The van der Waals surface area contributed by atoms with Crippen molar-refractivity contribution in [1.29, 1.82) is 0 Å². The van der Waals surface area contributed by atoms with Crippen molar-refractivity contribution in [3.8, 4) is 5.75 Å². The largest absolute Gasteiger partial charge is 0.492 e. The summed E-state index contributed by atoms with van der Waals surface area (Å²) in [6, 6.07) is 5.91. The molecule has 0 aliphatic heterocycles. The predicted octanol–water partition coefficient (Wildman–Crippen LogP) is 2.32. The highest BCUT2D eigenvalue weighted by Gasteiger charge is 2.19. The van der Waals surface area contributed by atoms with E-state index in [-0.39, 0.29) is 12.5 Å². The molecular weight excluding hydrogens is 315 g/mol. The summed E-state index contributed by atoms with van der Waals surface area (Å²) in [6.45, 7) is 2.42. The maximum absolute atomic E-state index is 13.6. The Kier molecular flexibility index (Phi) is 4.50. The molecular formula is C15H15FN6O2. The van der Waals surface area contributed by atoms with Gasteiger partial charge in [0.15, 0.2) is 0 Å². The Hall–Kier alpha value is -3.23. The van der Waals surface area contributed by atoms with Crippen molar-refractivity contribution in [2.24, 2.45) is 0 Å². The molecule has 124 valence electrons. The van der Waals surface area contributed by atoms with E-state index in [9.17, 15) is 4.39 Å². The number of ether oxygens (including phenoxy) is 1. The molecule has 1 aromatic carbocycles. The molecule has 0 amide bonds. The van der Waals surface area contributed by atoms with Crippen LogP contribution in [0, 0.1) is 5.82 Å². The summed E-state index contributed by atoms with van der Waals surface area (Å²) in [5.74, 6) is 0.937. The number of hydrogen-bond acceptors (Lipinski definition) is 8. The molecule has 0 unspecified atom stereocenters. The Bertz CT molecular complexity index is 811. The Labute approximate surface area is 137 Å². The maximum atomic E-state index is 13.6. The molecule has 0 spiro atoms. The quantitative estimate of drug-likeness (QED) is 0.734. The van der Waals surface area contributed by atoms with Crippen LogP contribution >= 0.6 is 0 Å². The average molecular weight is 330 g/mol. The minimum Gasteiger partial charge on any atom is -0.492 e. The van der Waals surface area contributed by atoms with E-state index in [2.05, 4.69) is 20.2 Å². The second kappa shape index (κ2) is 6.90. The topological polar surface area (TPSA) is 103 Å². The van der Waals surface area contributed by atoms with Crippen LogP contribution < -0.4 is 15.4 Å². The van der Waals surface area contributed by atoms with Crippen LogP contribution in [0.2, 0.25) is 0 Å². The molecule has 0 fully saturated rings. The van der Waals surface area contributed by atoms with Gasteiger partial charge in [0.05, 0.1) is 12.3 Å². The second-order valence-corrected chi connectivity index (χ2v) is 4.74. The van der Waals surface area contributed by atoms with Crippen molar-refractivity contribution in [3.05, 3.63) is 48.6 Å². The third kappa shape index (κ3) is 3.40. The van der Waals surface area contributed by atoms with Crippen molar-refractivity contribution in [1.82, 2.24) is 20.2 Å². The van der Waals surface area contributed by atoms with Crippen LogP contribution in [0.15, 0.2) is 41.3 Å². The molecule has 3 aromatic rings. The second-order valence-electron chi connectivity index (χ2n) is 4.74. The minimum absolute atomic E-state index is 0.114. The summed E-state index contributed by atoms with van der Waals surface area (Å²) in [5.41, 5.74) is 6.27. The fourth-order valence-corrected chi connectivity index (χ4v) is 2.19. The molecule has 0 saturated heterocycles. The van der Waals surface area contributed by atoms with E-state index in [1.54, 1.807) is 17.0 Å². The third-order valence-electron chi connectivity index (χ3n) is 3.15. The summed E-state index contributed by atoms with van der Waals surface area (Å²) in [5, 5.41) is 7.54. The van der Waals surface area contributed by atoms with Crippen molar-refractivity contribution >= 4 is 17.5 Å². The number of rotatable bonds is 6. The molecule has 3 rings (SSSR count). The number of nitrogens with zero attached hydrogens (tertiary/aromatic N) is 5. The van der Waals surface area contributed by atoms with Gasteiger partial charge in [-0.15, -0.1) is 10.2 Å². The van der Waals surface area contributed by atoms with Crippen LogP contribution in [0.25, 0.3) is 0 Å². The molecule has 0 saturated carbocycles. The summed E-state index contributed by atoms with van der Waals surface area (Å²) >= 11 is 0. The van der Waals surface area contributed by atoms with Crippen LogP contribution in [0.5, 0.6) is 5.75 Å². The molecule has 2 aromatic heterocycles. The lowest BCUT2D eigenvalue weighted by Gasteiger charge is -2.24. The van der Waals surface area contributed by atoms with Gasteiger partial charge in [0.2, 0.25) is 18.2 Å². The van der Waals surface area contributed by atoms with E-state index in [0.29, 0.717) is 29.8 Å². The van der Waals surface area contributed by atoms with Gasteiger partial charge in [-0.3, -0.25) is 0 Å². The molecule has 0 bridgehead atoms. The number of halogens is 1. The zero-order valence-electron chi connectivity index (χ0n) is 12.9. The van der Waals surface area contributed by atoms with Crippen molar-refractivity contribution in [2.75, 3.05) is 17.2 Å². The average Bonchev–Trinajstić information content (AvgIpc) is 3.07. The van der Waals surface area contributed by atoms with E-state index in [1.807, 2.05) is 6.92 Å². The van der Waals surface area contributed by atoms with Gasteiger partial charge in [-0.1, -0.05) is 0 Å². The summed E-state index contributed by atoms with van der Waals surface area (Å²) in [6.07, 6.45) is 2.76. The van der Waals surface area contributed by atoms with Gasteiger partial charge < -0.3 is 19.8 Å². The van der Waals surface area contributed by atoms with E-state index in [4.69, 9.17) is 14.9 Å². The number of hydrogen-bond donors (Lipinski definition) is 1. The van der Waals surface area contributed by atoms with Gasteiger partial charge in [0.25, 0.3) is 0 Å². The molecule has 8 nitrogen and oxygen atoms in total. The highest BCUT2D eigenvalue weighted by atomic mass is 19.1. The Morgan fingerprint density at radius 3 is 2.92 bits per heavy atom. The first-order chi connectivity index (χ1) is 11.7. The number of benzene rings is 1. The lowest BCUT2D eigenvalue weighted by molar-refractivity contribution is 0.338. The number of nitrogens with two attached hydrogens (primary N) is 1. The molecule has 0 aliphatic rings. The van der Waals surface area contributed by atoms with E-state index in [1.165, 1.54) is 24.7 Å². The molecule has 0 atom stereocenters. The van der Waals surface area contributed by atoms with E-state index >= 15 is 0 Å². The zero-order valence-corrected chi connectivity index (χ0v) is 12.9. The van der Waals surface area contributed by atoms with Crippen LogP contribution in [-0.2, 0) is 6.54 Å². The Morgan fingerprint density at radius 2 is 2.21 bits per heavy atom. The SMILES string of the molecule is CCOc1cc(F)ccc1N(Cc1nnco1)c1ccnc(N)n1. The van der Waals surface area contributed by atoms with Gasteiger partial charge >= 0.3 is 0 Å². The maximum Gasteiger partial charge on any atom is 0.235 e. The molecule has 0 radical (unpaired) electrons. The molecule has 9 heteroatoms. The number of anilines is 3. The van der Waals surface area contributed by atoms with Crippen LogP contribution in [-0.4, -0.2) is 26.8 Å². The van der Waals surface area contributed by atoms with E-state index < -0.39 is 5.82 Å². The fraction of sp³-hybridized carbons (Fsp3) is 0.200. The van der Waals surface area contributed by atoms with Crippen LogP contribution in [0.4, 0.5) is 21.8 Å². The summed E-state index contributed by atoms with van der Waals surface area (Å²) in [7, 11) is 0. The number of aromatic nitrogens is 4. The number of nitrogen functional groups attached to an aromatic ring is 1. The minimum atomic E-state index is -0.401. The van der Waals surface area contributed by atoms with E-state index in [0.717, 1.165) is 0 Å². The van der Waals surface area contributed by atoms with Gasteiger partial charge in [0.1, 0.15) is 23.9 Å². The third-order valence-corrected chi connectivity index (χ3v) is 3.15. The zero-order chi connectivity index (χ0) is 16.9. The summed E-state index contributed by atoms with van der Waals surface area (Å²) < 4.78 is 24.3. The first kappa shape index (κ1) is 15.7. The smallest absolute Gasteiger partial charge is 0.235 e. The Balaban J connectivity index is 2.07. The van der Waals surface area contributed by atoms with Crippen LogP contribution in [0.1, 0.15) is 12.8 Å². The first-order valence-electron chi connectivity index (χ1n) is 7.21. The van der Waals surface area contributed by atoms with Gasteiger partial charge in [-0.25, -0.2) is 9.37 Å². The Morgan fingerprint density at radius 1 is 1.33 bits per heavy atom. The lowest BCUT2D eigenvalue weighted by Crippen LogP contribution is -2.20. The van der Waals surface area contributed by atoms with Crippen molar-refractivity contribution in [2.45, 2.75) is 13.5 Å². The highest BCUT2D eigenvalue weighted by Crippen LogP contribution is 2.34. The van der Waals surface area contributed by atoms with Gasteiger partial charge in [0, 0.05) is 12.3 Å². The monoisotopic (exact) mass is 330 g/mol. The predicted molar refractivity (Wildman–Crippen MR) is 84.2 cm³/mol. The highest BCUT2D eigenvalue weighted by molar-refractivity contribution is 5.67. The molecule has 2 heterocycles. The molecule has 24 heavy (non-hydrogen) atoms. The normalized spacial score (nSPS) is 10.6. The molecule has 0 aliphatic carbocycles. The summed E-state index contributed by atoms with van der Waals surface area (Å²) in [4.78, 5) is 9.82. The van der Waals surface area contributed by atoms with Crippen LogP contribution in [0.3, 0.4) is 0 Å². The molecule has 2 N–H and O–H groups in total. The first-order valence-corrected chi connectivity index (χ1v) is 7.21. The van der Waals surface area contributed by atoms with Crippen molar-refractivity contribution in [3.63, 3.8) is 0 Å². The lowest BCUT2D eigenvalue weighted by atomic mass is 10.2. The van der Waals surface area contributed by atoms with Crippen molar-refractivity contribution < 1.29 is 13.5 Å². The van der Waals surface area contributed by atoms with Gasteiger partial charge in [-0.2, -0.15) is 4.98 Å². The standard InChI is InChI=1S/C15H15FN6O2/c1-2-23-12-7-10(16)3-4-11(12)22(8-14-21-19-9-24-14)13-5-6-18-15(17)20-13/h3-7,9H,2,8H2,1H3,(H2,17,18,20).